The highest BCUT2D eigenvalue weighted by molar-refractivity contribution is 6.03. The monoisotopic (exact) mass is 431 g/mol. The van der Waals surface area contributed by atoms with Crippen LogP contribution in [0.25, 0.3) is 22.8 Å². The van der Waals surface area contributed by atoms with Gasteiger partial charge in [-0.05, 0) is 68.8 Å². The predicted molar refractivity (Wildman–Crippen MR) is 120 cm³/mol. The number of aryl methyl sites for hydroxylation is 1. The van der Waals surface area contributed by atoms with E-state index in [9.17, 15) is 4.79 Å². The third-order valence-corrected chi connectivity index (χ3v) is 5.01. The van der Waals surface area contributed by atoms with Crippen molar-refractivity contribution in [1.29, 1.82) is 0 Å². The molecule has 1 amide bonds. The van der Waals surface area contributed by atoms with Gasteiger partial charge in [0.15, 0.2) is 0 Å². The van der Waals surface area contributed by atoms with Gasteiger partial charge in [-0.2, -0.15) is 0 Å². The highest BCUT2D eigenvalue weighted by Crippen LogP contribution is 2.24. The lowest BCUT2D eigenvalue weighted by Crippen LogP contribution is -2.15. The van der Waals surface area contributed by atoms with Gasteiger partial charge in [0.2, 0.25) is 5.82 Å². The first-order valence-electron chi connectivity index (χ1n) is 10.4. The van der Waals surface area contributed by atoms with Crippen LogP contribution in [-0.2, 0) is 0 Å². The van der Waals surface area contributed by atoms with Crippen LogP contribution in [0.3, 0.4) is 0 Å². The number of anilines is 1. The van der Waals surface area contributed by atoms with Crippen molar-refractivity contribution in [2.45, 2.75) is 46.7 Å². The van der Waals surface area contributed by atoms with Crippen LogP contribution in [0.1, 0.15) is 55.8 Å². The molecular formula is C22H25N9O. The fourth-order valence-electron chi connectivity index (χ4n) is 3.20. The van der Waals surface area contributed by atoms with Gasteiger partial charge in [-0.15, -0.1) is 5.10 Å². The fraction of sp³-hybridized carbons (Fsp3) is 0.318. The van der Waals surface area contributed by atoms with Crippen molar-refractivity contribution in [2.24, 2.45) is 0 Å². The maximum atomic E-state index is 12.9. The molecule has 0 aliphatic rings. The Morgan fingerprint density at radius 3 is 2.59 bits per heavy atom. The van der Waals surface area contributed by atoms with E-state index in [4.69, 9.17) is 0 Å². The van der Waals surface area contributed by atoms with Crippen LogP contribution in [-0.4, -0.2) is 45.6 Å². The van der Waals surface area contributed by atoms with Crippen molar-refractivity contribution in [2.75, 3.05) is 5.32 Å². The maximum Gasteiger partial charge on any atom is 0.275 e. The highest BCUT2D eigenvalue weighted by Gasteiger charge is 2.16. The average Bonchev–Trinajstić information content (AvgIpc) is 3.44. The number of amides is 1. The molecule has 0 bridgehead atoms. The number of hydrogen-bond donors (Lipinski definition) is 1. The first-order chi connectivity index (χ1) is 15.3. The third kappa shape index (κ3) is 4.25. The van der Waals surface area contributed by atoms with Gasteiger partial charge in [0.1, 0.15) is 17.2 Å². The number of tetrazole rings is 1. The summed E-state index contributed by atoms with van der Waals surface area (Å²) >= 11 is 0. The van der Waals surface area contributed by atoms with E-state index >= 15 is 0 Å². The van der Waals surface area contributed by atoms with Crippen LogP contribution < -0.4 is 5.32 Å². The molecule has 0 saturated heterocycles. The van der Waals surface area contributed by atoms with Crippen LogP contribution in [0.15, 0.2) is 43.0 Å². The summed E-state index contributed by atoms with van der Waals surface area (Å²) in [7, 11) is 0. The van der Waals surface area contributed by atoms with Crippen molar-refractivity contribution in [3.8, 4) is 22.8 Å². The standard InChI is InChI=1S/C22H25N9O/c1-13(2)30-11-19(24-12-30)16-9-18(23-10-15(16)5)22(32)26-20-8-6-7-17(25-20)21-27-28-29-31(21)14(3)4/h6-14H,1-5H3,(H,25,26,32). The molecule has 0 spiro atoms. The molecule has 0 aromatic carbocycles. The summed E-state index contributed by atoms with van der Waals surface area (Å²) in [5.41, 5.74) is 3.45. The first kappa shape index (κ1) is 21.3. The molecule has 4 heterocycles. The molecule has 10 heteroatoms. The SMILES string of the molecule is Cc1cnc(C(=O)Nc2cccc(-c3nnnn3C(C)C)n2)cc1-c1cn(C(C)C)cn1. The van der Waals surface area contributed by atoms with Crippen molar-refractivity contribution in [3.63, 3.8) is 0 Å². The highest BCUT2D eigenvalue weighted by atomic mass is 16.1. The largest absolute Gasteiger partial charge is 0.334 e. The summed E-state index contributed by atoms with van der Waals surface area (Å²) in [6, 6.07) is 7.44. The van der Waals surface area contributed by atoms with Gasteiger partial charge in [0.05, 0.1) is 18.1 Å². The molecule has 0 aliphatic carbocycles. The predicted octanol–water partition coefficient (Wildman–Crippen LogP) is 3.72. The van der Waals surface area contributed by atoms with Crippen molar-refractivity contribution in [1.82, 2.24) is 39.7 Å². The van der Waals surface area contributed by atoms with E-state index in [1.54, 1.807) is 41.5 Å². The number of nitrogens with zero attached hydrogens (tertiary/aromatic N) is 8. The third-order valence-electron chi connectivity index (χ3n) is 5.01. The number of pyridine rings is 2. The van der Waals surface area contributed by atoms with E-state index in [2.05, 4.69) is 49.6 Å². The molecule has 32 heavy (non-hydrogen) atoms. The van der Waals surface area contributed by atoms with Gasteiger partial charge in [-0.3, -0.25) is 9.78 Å². The summed E-state index contributed by atoms with van der Waals surface area (Å²) in [6.45, 7) is 10.1. The van der Waals surface area contributed by atoms with E-state index in [1.807, 2.05) is 31.5 Å². The van der Waals surface area contributed by atoms with Crippen LogP contribution in [0.2, 0.25) is 0 Å². The second-order valence-corrected chi connectivity index (χ2v) is 8.09. The molecule has 0 atom stereocenters. The molecule has 4 aromatic rings. The Morgan fingerprint density at radius 1 is 1.06 bits per heavy atom. The molecule has 4 rings (SSSR count). The smallest absolute Gasteiger partial charge is 0.275 e. The minimum atomic E-state index is -0.359. The molecule has 1 N–H and O–H groups in total. The van der Waals surface area contributed by atoms with Crippen molar-refractivity contribution in [3.05, 3.63) is 54.2 Å². The van der Waals surface area contributed by atoms with Crippen molar-refractivity contribution >= 4 is 11.7 Å². The number of carbonyl (C=O) groups excluding carboxylic acids is 1. The molecular weight excluding hydrogens is 406 g/mol. The molecule has 0 unspecified atom stereocenters. The number of carbonyl (C=O) groups is 1. The molecule has 164 valence electrons. The van der Waals surface area contributed by atoms with Gasteiger partial charge in [-0.1, -0.05) is 6.07 Å². The zero-order chi connectivity index (χ0) is 22.8. The van der Waals surface area contributed by atoms with Crippen LogP contribution in [0, 0.1) is 6.92 Å². The second kappa shape index (κ2) is 8.66. The van der Waals surface area contributed by atoms with E-state index in [0.29, 0.717) is 23.4 Å². The zero-order valence-corrected chi connectivity index (χ0v) is 18.7. The number of nitrogens with one attached hydrogen (secondary N) is 1. The van der Waals surface area contributed by atoms with E-state index in [1.165, 1.54) is 0 Å². The van der Waals surface area contributed by atoms with E-state index < -0.39 is 0 Å². The van der Waals surface area contributed by atoms with Gasteiger partial charge >= 0.3 is 0 Å². The molecule has 10 nitrogen and oxygen atoms in total. The Kier molecular flexibility index (Phi) is 5.76. The summed E-state index contributed by atoms with van der Waals surface area (Å²) in [5.74, 6) is 0.564. The quantitative estimate of drug-likeness (QED) is 0.494. The average molecular weight is 432 g/mol. The Labute approximate surface area is 185 Å². The minimum Gasteiger partial charge on any atom is -0.334 e. The molecule has 0 fully saturated rings. The van der Waals surface area contributed by atoms with Gasteiger partial charge in [-0.25, -0.2) is 14.6 Å². The lowest BCUT2D eigenvalue weighted by atomic mass is 10.1. The summed E-state index contributed by atoms with van der Waals surface area (Å²) in [4.78, 5) is 26.2. The number of hydrogen-bond acceptors (Lipinski definition) is 7. The van der Waals surface area contributed by atoms with Gasteiger partial charge in [0.25, 0.3) is 5.91 Å². The Hall–Kier alpha value is -3.95. The lowest BCUT2D eigenvalue weighted by Gasteiger charge is -2.10. The molecule has 0 saturated carbocycles. The first-order valence-corrected chi connectivity index (χ1v) is 10.4. The Balaban J connectivity index is 1.59. The van der Waals surface area contributed by atoms with Crippen molar-refractivity contribution < 1.29 is 4.79 Å². The second-order valence-electron chi connectivity index (χ2n) is 8.09. The molecule has 4 aromatic heterocycles. The zero-order valence-electron chi connectivity index (χ0n) is 18.7. The summed E-state index contributed by atoms with van der Waals surface area (Å²) < 4.78 is 3.70. The van der Waals surface area contributed by atoms with Crippen LogP contribution in [0.4, 0.5) is 5.82 Å². The number of aromatic nitrogens is 8. The molecule has 0 aliphatic heterocycles. The Morgan fingerprint density at radius 2 is 1.88 bits per heavy atom. The fourth-order valence-corrected chi connectivity index (χ4v) is 3.20. The summed E-state index contributed by atoms with van der Waals surface area (Å²) in [5, 5.41) is 14.6. The molecule has 0 radical (unpaired) electrons. The minimum absolute atomic E-state index is 0.0781. The van der Waals surface area contributed by atoms with Crippen LogP contribution in [0.5, 0.6) is 0 Å². The Bertz CT molecular complexity index is 1260. The van der Waals surface area contributed by atoms with E-state index in [0.717, 1.165) is 16.8 Å². The van der Waals surface area contributed by atoms with Gasteiger partial charge in [0, 0.05) is 24.0 Å². The van der Waals surface area contributed by atoms with Gasteiger partial charge < -0.3 is 9.88 Å². The van der Waals surface area contributed by atoms with E-state index in [-0.39, 0.29) is 17.6 Å². The topological polar surface area (TPSA) is 116 Å². The number of imidazole rings is 1. The normalized spacial score (nSPS) is 11.3. The van der Waals surface area contributed by atoms with Crippen LogP contribution >= 0.6 is 0 Å². The maximum absolute atomic E-state index is 12.9. The summed E-state index contributed by atoms with van der Waals surface area (Å²) in [6.07, 6.45) is 5.44. The number of rotatable bonds is 6. The lowest BCUT2D eigenvalue weighted by molar-refractivity contribution is 0.102.